The Balaban J connectivity index is 1.72. The lowest BCUT2D eigenvalue weighted by Gasteiger charge is -2.09. The number of hydrogen-bond acceptors (Lipinski definition) is 6. The molecule has 3 aromatic carbocycles. The molecular formula is C23H16Cl2N4O2. The van der Waals surface area contributed by atoms with Crippen molar-refractivity contribution in [2.45, 2.75) is 0 Å². The molecule has 0 saturated carbocycles. The minimum atomic E-state index is -0.134. The predicted molar refractivity (Wildman–Crippen MR) is 124 cm³/mol. The molecule has 0 amide bonds. The molecule has 8 heteroatoms. The number of aromatic nitrogens is 2. The van der Waals surface area contributed by atoms with Crippen molar-refractivity contribution in [3.05, 3.63) is 88.4 Å². The zero-order chi connectivity index (χ0) is 21.8. The molecular weight excluding hydrogens is 435 g/mol. The van der Waals surface area contributed by atoms with Gasteiger partial charge in [0.25, 0.3) is 0 Å². The van der Waals surface area contributed by atoms with E-state index in [1.165, 1.54) is 18.3 Å². The van der Waals surface area contributed by atoms with Crippen LogP contribution in [0.5, 0.6) is 11.5 Å². The van der Waals surface area contributed by atoms with Gasteiger partial charge in [-0.15, -0.1) is 0 Å². The summed E-state index contributed by atoms with van der Waals surface area (Å²) in [5.74, 6) is 0.182. The number of nitrogens with one attached hydrogen (secondary N) is 1. The molecule has 0 unspecified atom stereocenters. The van der Waals surface area contributed by atoms with Gasteiger partial charge in [-0.1, -0.05) is 65.7 Å². The normalized spacial score (nSPS) is 11.0. The molecule has 0 bridgehead atoms. The van der Waals surface area contributed by atoms with Crippen LogP contribution in [0.2, 0.25) is 10.0 Å². The van der Waals surface area contributed by atoms with E-state index in [2.05, 4.69) is 20.5 Å². The fraction of sp³-hybridized carbons (Fsp3) is 0. The Morgan fingerprint density at radius 3 is 2.32 bits per heavy atom. The van der Waals surface area contributed by atoms with Crippen molar-refractivity contribution in [2.24, 2.45) is 5.10 Å². The Bertz CT molecular complexity index is 1260. The molecule has 31 heavy (non-hydrogen) atoms. The third-order valence-electron chi connectivity index (χ3n) is 4.40. The monoisotopic (exact) mass is 450 g/mol. The Morgan fingerprint density at radius 2 is 1.55 bits per heavy atom. The standard InChI is InChI=1S/C23H16Cl2N4O2/c24-16-10-15(22(31)18(25)11-16)13-26-29-23-27-19(14-6-2-1-3-7-14)12-20(28-23)17-8-4-5-9-21(17)30/h1-13,30-31H,(H,27,28,29). The van der Waals surface area contributed by atoms with Crippen LogP contribution >= 0.6 is 23.2 Å². The summed E-state index contributed by atoms with van der Waals surface area (Å²) in [5.41, 5.74) is 5.73. The first-order valence-electron chi connectivity index (χ1n) is 9.21. The lowest BCUT2D eigenvalue weighted by molar-refractivity contribution is 0.474. The molecule has 1 aromatic heterocycles. The van der Waals surface area contributed by atoms with Gasteiger partial charge in [0.1, 0.15) is 11.5 Å². The van der Waals surface area contributed by atoms with E-state index >= 15 is 0 Å². The molecule has 0 saturated heterocycles. The Kier molecular flexibility index (Phi) is 6.02. The van der Waals surface area contributed by atoms with Gasteiger partial charge < -0.3 is 10.2 Å². The summed E-state index contributed by atoms with van der Waals surface area (Å²) in [5, 5.41) is 24.9. The van der Waals surface area contributed by atoms with Crippen molar-refractivity contribution in [3.8, 4) is 34.0 Å². The van der Waals surface area contributed by atoms with E-state index < -0.39 is 0 Å². The summed E-state index contributed by atoms with van der Waals surface area (Å²) >= 11 is 11.9. The van der Waals surface area contributed by atoms with Crippen LogP contribution in [0.25, 0.3) is 22.5 Å². The SMILES string of the molecule is Oc1ccccc1-c1cc(-c2ccccc2)nc(NN=Cc2cc(Cl)cc(Cl)c2O)n1. The van der Waals surface area contributed by atoms with Gasteiger partial charge in [-0.05, 0) is 30.3 Å². The molecule has 0 aliphatic rings. The van der Waals surface area contributed by atoms with E-state index in [0.717, 1.165) is 5.56 Å². The van der Waals surface area contributed by atoms with Gasteiger partial charge in [-0.3, -0.25) is 0 Å². The van der Waals surface area contributed by atoms with E-state index in [0.29, 0.717) is 27.5 Å². The van der Waals surface area contributed by atoms with Crippen LogP contribution in [0.4, 0.5) is 5.95 Å². The lowest BCUT2D eigenvalue weighted by atomic mass is 10.1. The number of benzene rings is 3. The molecule has 6 nitrogen and oxygen atoms in total. The molecule has 0 aliphatic carbocycles. The van der Waals surface area contributed by atoms with Gasteiger partial charge in [-0.25, -0.2) is 15.4 Å². The lowest BCUT2D eigenvalue weighted by Crippen LogP contribution is -2.00. The van der Waals surface area contributed by atoms with Gasteiger partial charge in [0.2, 0.25) is 5.95 Å². The second kappa shape index (κ2) is 9.04. The maximum Gasteiger partial charge on any atom is 0.244 e. The maximum atomic E-state index is 10.3. The summed E-state index contributed by atoms with van der Waals surface area (Å²) in [6, 6.07) is 21.3. The zero-order valence-corrected chi connectivity index (χ0v) is 17.5. The minimum Gasteiger partial charge on any atom is -0.507 e. The van der Waals surface area contributed by atoms with Crippen LogP contribution in [0.1, 0.15) is 5.56 Å². The van der Waals surface area contributed by atoms with Crippen molar-refractivity contribution in [1.82, 2.24) is 9.97 Å². The number of para-hydroxylation sites is 1. The fourth-order valence-electron chi connectivity index (χ4n) is 2.93. The smallest absolute Gasteiger partial charge is 0.244 e. The first kappa shape index (κ1) is 20.7. The van der Waals surface area contributed by atoms with Crippen molar-refractivity contribution in [2.75, 3.05) is 5.43 Å². The molecule has 0 radical (unpaired) electrons. The number of phenolic OH excluding ortho intramolecular Hbond substituents is 2. The molecule has 4 rings (SSSR count). The summed E-state index contributed by atoms with van der Waals surface area (Å²) < 4.78 is 0. The largest absolute Gasteiger partial charge is 0.507 e. The average Bonchev–Trinajstić information content (AvgIpc) is 2.78. The Morgan fingerprint density at radius 1 is 0.839 bits per heavy atom. The number of anilines is 1. The highest BCUT2D eigenvalue weighted by Crippen LogP contribution is 2.31. The average molecular weight is 451 g/mol. The van der Waals surface area contributed by atoms with E-state index in [1.807, 2.05) is 36.4 Å². The third kappa shape index (κ3) is 4.77. The number of nitrogens with zero attached hydrogens (tertiary/aromatic N) is 3. The number of hydrazone groups is 1. The number of hydrogen-bond donors (Lipinski definition) is 3. The van der Waals surface area contributed by atoms with Gasteiger partial charge in [0.05, 0.1) is 22.6 Å². The van der Waals surface area contributed by atoms with Crippen molar-refractivity contribution in [3.63, 3.8) is 0 Å². The first-order valence-corrected chi connectivity index (χ1v) is 9.97. The van der Waals surface area contributed by atoms with Crippen LogP contribution in [-0.2, 0) is 0 Å². The summed E-state index contributed by atoms with van der Waals surface area (Å²) in [6.07, 6.45) is 1.37. The van der Waals surface area contributed by atoms with Crippen molar-refractivity contribution < 1.29 is 10.2 Å². The molecule has 4 aromatic rings. The quantitative estimate of drug-likeness (QED) is 0.257. The molecule has 1 heterocycles. The highest BCUT2D eigenvalue weighted by Gasteiger charge is 2.11. The van der Waals surface area contributed by atoms with Gasteiger partial charge in [0.15, 0.2) is 0 Å². The number of aromatic hydroxyl groups is 2. The summed E-state index contributed by atoms with van der Waals surface area (Å²) in [4.78, 5) is 8.98. The van der Waals surface area contributed by atoms with Crippen LogP contribution in [0, 0.1) is 0 Å². The second-order valence-corrected chi connectivity index (χ2v) is 7.38. The molecule has 0 atom stereocenters. The predicted octanol–water partition coefficient (Wildman–Crippen LogP) is 5.97. The highest BCUT2D eigenvalue weighted by atomic mass is 35.5. The van der Waals surface area contributed by atoms with Gasteiger partial charge in [-0.2, -0.15) is 5.10 Å². The van der Waals surface area contributed by atoms with E-state index in [-0.39, 0.29) is 22.5 Å². The number of halogens is 2. The van der Waals surface area contributed by atoms with Crippen LogP contribution < -0.4 is 5.43 Å². The van der Waals surface area contributed by atoms with Crippen LogP contribution in [0.3, 0.4) is 0 Å². The maximum absolute atomic E-state index is 10.3. The third-order valence-corrected chi connectivity index (χ3v) is 4.91. The summed E-state index contributed by atoms with van der Waals surface area (Å²) in [6.45, 7) is 0. The van der Waals surface area contributed by atoms with Crippen LogP contribution in [-0.4, -0.2) is 26.4 Å². The highest BCUT2D eigenvalue weighted by molar-refractivity contribution is 6.36. The number of phenols is 2. The van der Waals surface area contributed by atoms with Crippen molar-refractivity contribution in [1.29, 1.82) is 0 Å². The Hall–Kier alpha value is -3.61. The molecule has 3 N–H and O–H groups in total. The van der Waals surface area contributed by atoms with Gasteiger partial charge in [0, 0.05) is 21.7 Å². The van der Waals surface area contributed by atoms with Crippen LogP contribution in [0.15, 0.2) is 77.9 Å². The van der Waals surface area contributed by atoms with E-state index in [1.54, 1.807) is 24.3 Å². The zero-order valence-electron chi connectivity index (χ0n) is 16.0. The minimum absolute atomic E-state index is 0.105. The first-order chi connectivity index (χ1) is 15.0. The fourth-order valence-corrected chi connectivity index (χ4v) is 3.44. The van der Waals surface area contributed by atoms with Gasteiger partial charge >= 0.3 is 0 Å². The number of rotatable bonds is 5. The topological polar surface area (TPSA) is 90.6 Å². The second-order valence-electron chi connectivity index (χ2n) is 6.54. The molecule has 0 aliphatic heterocycles. The molecule has 0 spiro atoms. The molecule has 0 fully saturated rings. The van der Waals surface area contributed by atoms with Crippen molar-refractivity contribution >= 4 is 35.4 Å². The van der Waals surface area contributed by atoms with E-state index in [4.69, 9.17) is 23.2 Å². The summed E-state index contributed by atoms with van der Waals surface area (Å²) in [7, 11) is 0. The molecule has 154 valence electrons. The van der Waals surface area contributed by atoms with E-state index in [9.17, 15) is 10.2 Å². The Labute approximate surface area is 188 Å².